The standard InChI is InChI=1S/C11H15ClN6O/c1-18-9-8(5-14-18)11(17-16-10(9)12)15-6-2-7(19)4-13-3-6/h5-7,13,19H,2-4H2,1H3,(H,15,17)/t6-,7+/m1/s1. The van der Waals surface area contributed by atoms with E-state index in [1.54, 1.807) is 10.9 Å². The molecule has 1 saturated heterocycles. The second-order valence-corrected chi connectivity index (χ2v) is 5.12. The second-order valence-electron chi connectivity index (χ2n) is 4.76. The molecule has 8 heteroatoms. The van der Waals surface area contributed by atoms with Gasteiger partial charge in [-0.25, -0.2) is 0 Å². The molecule has 0 bridgehead atoms. The summed E-state index contributed by atoms with van der Waals surface area (Å²) in [4.78, 5) is 0. The van der Waals surface area contributed by atoms with Gasteiger partial charge in [-0.15, -0.1) is 10.2 Å². The zero-order chi connectivity index (χ0) is 13.4. The molecular weight excluding hydrogens is 268 g/mol. The third kappa shape index (κ3) is 2.36. The number of rotatable bonds is 2. The number of nitrogens with zero attached hydrogens (tertiary/aromatic N) is 4. The second kappa shape index (κ2) is 4.92. The van der Waals surface area contributed by atoms with Crippen LogP contribution in [0.3, 0.4) is 0 Å². The van der Waals surface area contributed by atoms with E-state index >= 15 is 0 Å². The number of fused-ring (bicyclic) bond motifs is 1. The molecule has 0 aromatic carbocycles. The van der Waals surface area contributed by atoms with E-state index in [4.69, 9.17) is 11.6 Å². The first kappa shape index (κ1) is 12.6. The van der Waals surface area contributed by atoms with Gasteiger partial charge in [-0.2, -0.15) is 5.10 Å². The van der Waals surface area contributed by atoms with E-state index in [1.165, 1.54) is 0 Å². The number of hydrogen-bond donors (Lipinski definition) is 3. The van der Waals surface area contributed by atoms with E-state index in [1.807, 2.05) is 7.05 Å². The highest BCUT2D eigenvalue weighted by molar-refractivity contribution is 6.34. The number of hydrogen-bond acceptors (Lipinski definition) is 6. The monoisotopic (exact) mass is 282 g/mol. The van der Waals surface area contributed by atoms with Crippen LogP contribution in [0.25, 0.3) is 10.9 Å². The Hall–Kier alpha value is -1.44. The van der Waals surface area contributed by atoms with Crippen molar-refractivity contribution in [3.8, 4) is 0 Å². The van der Waals surface area contributed by atoms with E-state index in [0.717, 1.165) is 17.4 Å². The molecule has 0 aliphatic carbocycles. The summed E-state index contributed by atoms with van der Waals surface area (Å²) in [5.41, 5.74) is 0.753. The van der Waals surface area contributed by atoms with E-state index in [-0.39, 0.29) is 12.1 Å². The van der Waals surface area contributed by atoms with Gasteiger partial charge in [0.25, 0.3) is 0 Å². The van der Waals surface area contributed by atoms with Crippen molar-refractivity contribution in [3.63, 3.8) is 0 Å². The smallest absolute Gasteiger partial charge is 0.177 e. The molecule has 1 fully saturated rings. The fraction of sp³-hybridized carbons (Fsp3) is 0.545. The molecule has 0 spiro atoms. The first-order valence-electron chi connectivity index (χ1n) is 6.14. The molecule has 2 aromatic heterocycles. The number of aromatic nitrogens is 4. The molecule has 0 saturated carbocycles. The van der Waals surface area contributed by atoms with Crippen molar-refractivity contribution in [1.82, 2.24) is 25.3 Å². The van der Waals surface area contributed by atoms with Crippen LogP contribution < -0.4 is 10.6 Å². The van der Waals surface area contributed by atoms with Crippen molar-refractivity contribution in [1.29, 1.82) is 0 Å². The normalized spacial score (nSPS) is 23.7. The summed E-state index contributed by atoms with van der Waals surface area (Å²) in [5.74, 6) is 0.647. The largest absolute Gasteiger partial charge is 0.392 e. The number of piperidine rings is 1. The maximum atomic E-state index is 9.64. The van der Waals surface area contributed by atoms with Gasteiger partial charge >= 0.3 is 0 Å². The zero-order valence-electron chi connectivity index (χ0n) is 10.5. The predicted octanol–water partition coefficient (Wildman–Crippen LogP) is 0.151. The van der Waals surface area contributed by atoms with Crippen LogP contribution in [0.4, 0.5) is 5.82 Å². The maximum absolute atomic E-state index is 9.64. The summed E-state index contributed by atoms with van der Waals surface area (Å²) in [6.07, 6.45) is 2.06. The van der Waals surface area contributed by atoms with E-state index in [2.05, 4.69) is 25.9 Å². The molecule has 3 rings (SSSR count). The summed E-state index contributed by atoms with van der Waals surface area (Å²) in [6, 6.07) is 0.114. The van der Waals surface area contributed by atoms with Crippen molar-refractivity contribution in [2.45, 2.75) is 18.6 Å². The third-order valence-corrected chi connectivity index (χ3v) is 3.55. The van der Waals surface area contributed by atoms with Crippen molar-refractivity contribution in [2.24, 2.45) is 7.05 Å². The van der Waals surface area contributed by atoms with Crippen LogP contribution in [0.1, 0.15) is 6.42 Å². The van der Waals surface area contributed by atoms with Gasteiger partial charge in [-0.05, 0) is 6.42 Å². The van der Waals surface area contributed by atoms with Gasteiger partial charge in [-0.1, -0.05) is 11.6 Å². The SMILES string of the molecule is Cn1ncc2c(N[C@H]3CNC[C@@H](O)C3)nnc(Cl)c21. The lowest BCUT2D eigenvalue weighted by atomic mass is 10.1. The average molecular weight is 283 g/mol. The Morgan fingerprint density at radius 3 is 3.11 bits per heavy atom. The molecule has 19 heavy (non-hydrogen) atoms. The van der Waals surface area contributed by atoms with Crippen LogP contribution in [0, 0.1) is 0 Å². The van der Waals surface area contributed by atoms with Gasteiger partial charge in [0.1, 0.15) is 5.52 Å². The fourth-order valence-corrected chi connectivity index (χ4v) is 2.64. The molecule has 0 radical (unpaired) electrons. The minimum absolute atomic E-state index is 0.114. The van der Waals surface area contributed by atoms with E-state index in [9.17, 15) is 5.11 Å². The van der Waals surface area contributed by atoms with Gasteiger partial charge in [0.05, 0.1) is 17.7 Å². The van der Waals surface area contributed by atoms with Crippen molar-refractivity contribution in [2.75, 3.05) is 18.4 Å². The highest BCUT2D eigenvalue weighted by atomic mass is 35.5. The molecule has 2 aromatic rings. The fourth-order valence-electron chi connectivity index (χ4n) is 2.38. The molecule has 2 atom stereocenters. The molecule has 7 nitrogen and oxygen atoms in total. The Kier molecular flexibility index (Phi) is 3.26. The van der Waals surface area contributed by atoms with Gasteiger partial charge in [-0.3, -0.25) is 4.68 Å². The van der Waals surface area contributed by atoms with Crippen LogP contribution in [-0.4, -0.2) is 50.3 Å². The summed E-state index contributed by atoms with van der Waals surface area (Å²) >= 11 is 6.03. The molecular formula is C11H15ClN6O. The Morgan fingerprint density at radius 1 is 1.47 bits per heavy atom. The summed E-state index contributed by atoms with van der Waals surface area (Å²) in [6.45, 7) is 1.41. The van der Waals surface area contributed by atoms with Crippen molar-refractivity contribution in [3.05, 3.63) is 11.3 Å². The van der Waals surface area contributed by atoms with Crippen LogP contribution in [0.5, 0.6) is 0 Å². The molecule has 102 valence electrons. The number of anilines is 1. The zero-order valence-corrected chi connectivity index (χ0v) is 11.2. The Labute approximate surface area is 115 Å². The van der Waals surface area contributed by atoms with E-state index in [0.29, 0.717) is 23.9 Å². The first-order valence-corrected chi connectivity index (χ1v) is 6.52. The minimum atomic E-state index is -0.337. The minimum Gasteiger partial charge on any atom is -0.392 e. The van der Waals surface area contributed by atoms with Gasteiger partial charge in [0.15, 0.2) is 11.0 Å². The molecule has 1 aliphatic heterocycles. The first-order chi connectivity index (χ1) is 9.15. The lowest BCUT2D eigenvalue weighted by Gasteiger charge is -2.27. The maximum Gasteiger partial charge on any atom is 0.177 e. The number of halogens is 1. The molecule has 1 aliphatic rings. The van der Waals surface area contributed by atoms with Crippen molar-refractivity contribution < 1.29 is 5.11 Å². The molecule has 3 N–H and O–H groups in total. The Balaban J connectivity index is 1.91. The lowest BCUT2D eigenvalue weighted by Crippen LogP contribution is -2.45. The van der Waals surface area contributed by atoms with Crippen LogP contribution in [-0.2, 0) is 7.05 Å². The van der Waals surface area contributed by atoms with Gasteiger partial charge in [0, 0.05) is 26.2 Å². The van der Waals surface area contributed by atoms with Crippen LogP contribution >= 0.6 is 11.6 Å². The lowest BCUT2D eigenvalue weighted by molar-refractivity contribution is 0.136. The van der Waals surface area contributed by atoms with Gasteiger partial charge < -0.3 is 15.7 Å². The van der Waals surface area contributed by atoms with E-state index < -0.39 is 0 Å². The molecule has 3 heterocycles. The number of nitrogens with one attached hydrogen (secondary N) is 2. The quantitative estimate of drug-likeness (QED) is 0.727. The number of β-amino-alcohol motifs (C(OH)–C–C–N with tert-alkyl or cyclic N) is 1. The van der Waals surface area contributed by atoms with Crippen LogP contribution in [0.15, 0.2) is 6.20 Å². The Bertz CT molecular complexity index is 600. The van der Waals surface area contributed by atoms with Gasteiger partial charge in [0.2, 0.25) is 0 Å². The Morgan fingerprint density at radius 2 is 2.32 bits per heavy atom. The predicted molar refractivity (Wildman–Crippen MR) is 72.2 cm³/mol. The summed E-state index contributed by atoms with van der Waals surface area (Å²) in [5, 5.41) is 29.5. The van der Waals surface area contributed by atoms with Crippen LogP contribution in [0.2, 0.25) is 5.15 Å². The molecule has 0 amide bonds. The third-order valence-electron chi connectivity index (χ3n) is 3.30. The molecule has 0 unspecified atom stereocenters. The number of aliphatic hydroxyl groups excluding tert-OH is 1. The summed E-state index contributed by atoms with van der Waals surface area (Å²) < 4.78 is 1.67. The highest BCUT2D eigenvalue weighted by Gasteiger charge is 2.21. The number of aryl methyl sites for hydroxylation is 1. The topological polar surface area (TPSA) is 87.9 Å². The van der Waals surface area contributed by atoms with Crippen molar-refractivity contribution >= 4 is 28.3 Å². The highest BCUT2D eigenvalue weighted by Crippen LogP contribution is 2.26. The summed E-state index contributed by atoms with van der Waals surface area (Å²) in [7, 11) is 1.81. The average Bonchev–Trinajstić information content (AvgIpc) is 2.76. The number of aliphatic hydroxyl groups is 1.